The molecule has 0 heterocycles. The monoisotopic (exact) mass is 811 g/mol. The van der Waals surface area contributed by atoms with E-state index >= 15 is 0 Å². The molecule has 0 aliphatic rings. The summed E-state index contributed by atoms with van der Waals surface area (Å²) < 4.78 is 11.0. The van der Waals surface area contributed by atoms with Gasteiger partial charge in [-0.05, 0) is 68.2 Å². The second-order valence-corrected chi connectivity index (χ2v) is 16.1. The molecule has 0 saturated heterocycles. The quantitative estimate of drug-likeness (QED) is 0.0803. The summed E-state index contributed by atoms with van der Waals surface area (Å²) in [5.41, 5.74) is 0.792. The summed E-state index contributed by atoms with van der Waals surface area (Å²) in [6.07, 6.45) is -1.27. The van der Waals surface area contributed by atoms with E-state index in [2.05, 4.69) is 26.6 Å². The minimum Gasteiger partial charge on any atom is -0.492 e. The summed E-state index contributed by atoms with van der Waals surface area (Å²) in [7, 11) is 0. The van der Waals surface area contributed by atoms with E-state index in [-0.39, 0.29) is 37.8 Å². The summed E-state index contributed by atoms with van der Waals surface area (Å²) in [5, 5.41) is 34.6. The maximum atomic E-state index is 14.0. The summed E-state index contributed by atoms with van der Waals surface area (Å²) in [5.74, 6) is -4.02. The van der Waals surface area contributed by atoms with Crippen molar-refractivity contribution in [3.8, 4) is 5.75 Å². The zero-order chi connectivity index (χ0) is 43.6. The SMILES string of the molecule is CCC(C)C(NC(=O)Cc1cccc(OCCNC(=O)OC(C)(C)C)c1)C(=O)NC(Cc1ccccc1)C(O)CC(=O)N[C@H](C(=O)N[C@H](C(=O)O)C(C)C)[C@@H](C)CC. The Kier molecular flexibility index (Phi) is 20.2. The lowest BCUT2D eigenvalue weighted by molar-refractivity contribution is -0.143. The van der Waals surface area contributed by atoms with E-state index in [1.54, 1.807) is 65.8 Å². The molecule has 15 heteroatoms. The zero-order valence-electron chi connectivity index (χ0n) is 35.4. The zero-order valence-corrected chi connectivity index (χ0v) is 35.4. The van der Waals surface area contributed by atoms with Crippen molar-refractivity contribution in [2.45, 2.75) is 130 Å². The van der Waals surface area contributed by atoms with Crippen molar-refractivity contribution in [2.24, 2.45) is 17.8 Å². The summed E-state index contributed by atoms with van der Waals surface area (Å²) in [6.45, 7) is 16.3. The lowest BCUT2D eigenvalue weighted by atomic mass is 9.94. The van der Waals surface area contributed by atoms with Crippen molar-refractivity contribution in [3.63, 3.8) is 0 Å². The molecule has 0 saturated carbocycles. The van der Waals surface area contributed by atoms with E-state index in [1.807, 2.05) is 51.1 Å². The third kappa shape index (κ3) is 17.5. The summed E-state index contributed by atoms with van der Waals surface area (Å²) >= 11 is 0. The van der Waals surface area contributed by atoms with E-state index in [0.717, 1.165) is 5.56 Å². The molecule has 4 unspecified atom stereocenters. The molecule has 0 aliphatic carbocycles. The molecule has 2 rings (SSSR count). The molecular formula is C43H65N5O10. The number of aliphatic hydroxyl groups excluding tert-OH is 1. The van der Waals surface area contributed by atoms with Crippen molar-refractivity contribution >= 4 is 35.7 Å². The van der Waals surface area contributed by atoms with Crippen LogP contribution in [0.5, 0.6) is 5.75 Å². The minimum atomic E-state index is -1.40. The van der Waals surface area contributed by atoms with Crippen molar-refractivity contribution in [3.05, 3.63) is 65.7 Å². The lowest BCUT2D eigenvalue weighted by Crippen LogP contribution is -2.57. The molecule has 0 bridgehead atoms. The Morgan fingerprint density at radius 3 is 1.84 bits per heavy atom. The van der Waals surface area contributed by atoms with Crippen molar-refractivity contribution in [1.29, 1.82) is 0 Å². The van der Waals surface area contributed by atoms with Crippen LogP contribution in [0.3, 0.4) is 0 Å². The average molecular weight is 812 g/mol. The number of aliphatic carboxylic acids is 1. The third-order valence-corrected chi connectivity index (χ3v) is 9.64. The molecule has 322 valence electrons. The molecule has 15 nitrogen and oxygen atoms in total. The van der Waals surface area contributed by atoms with Crippen LogP contribution in [0.2, 0.25) is 0 Å². The number of nitrogens with one attached hydrogen (secondary N) is 5. The molecule has 5 amide bonds. The van der Waals surface area contributed by atoms with Gasteiger partial charge in [0.15, 0.2) is 0 Å². The molecule has 0 radical (unpaired) electrons. The highest BCUT2D eigenvalue weighted by atomic mass is 16.6. The lowest BCUT2D eigenvalue weighted by Gasteiger charge is -2.30. The number of aliphatic hydroxyl groups is 1. The highest BCUT2D eigenvalue weighted by Crippen LogP contribution is 2.17. The van der Waals surface area contributed by atoms with Gasteiger partial charge in [-0.2, -0.15) is 0 Å². The summed E-state index contributed by atoms with van der Waals surface area (Å²) in [4.78, 5) is 77.6. The fourth-order valence-electron chi connectivity index (χ4n) is 5.94. The Balaban J connectivity index is 2.17. The van der Waals surface area contributed by atoms with E-state index < -0.39 is 83.9 Å². The normalized spacial score (nSPS) is 15.0. The fourth-order valence-corrected chi connectivity index (χ4v) is 5.94. The van der Waals surface area contributed by atoms with Gasteiger partial charge >= 0.3 is 12.1 Å². The minimum absolute atomic E-state index is 0.0564. The Hall–Kier alpha value is -5.18. The number of amides is 5. The van der Waals surface area contributed by atoms with Gasteiger partial charge in [0.05, 0.1) is 31.5 Å². The van der Waals surface area contributed by atoms with Crippen LogP contribution in [-0.2, 0) is 41.6 Å². The molecule has 7 atom stereocenters. The average Bonchev–Trinajstić information content (AvgIpc) is 3.15. The van der Waals surface area contributed by atoms with Crippen LogP contribution in [0.15, 0.2) is 54.6 Å². The van der Waals surface area contributed by atoms with Crippen molar-refractivity contribution in [2.75, 3.05) is 13.2 Å². The molecule has 2 aromatic carbocycles. The van der Waals surface area contributed by atoms with E-state index in [4.69, 9.17) is 9.47 Å². The number of rotatable bonds is 23. The van der Waals surface area contributed by atoms with Gasteiger partial charge in [-0.15, -0.1) is 0 Å². The molecule has 0 fully saturated rings. The first-order chi connectivity index (χ1) is 27.2. The van der Waals surface area contributed by atoms with E-state index in [0.29, 0.717) is 24.2 Å². The maximum Gasteiger partial charge on any atom is 0.407 e. The van der Waals surface area contributed by atoms with Gasteiger partial charge in [0, 0.05) is 0 Å². The number of carboxylic acids is 1. The first-order valence-electron chi connectivity index (χ1n) is 20.1. The standard InChI is InChI=1S/C43H65N5O10/c1-10-27(5)37(46-34(50)24-30-18-15-19-31(22-30)57-21-20-44-42(56)58-43(7,8)9)39(52)45-32(23-29-16-13-12-14-17-29)33(49)25-35(51)47-38(28(6)11-2)40(53)48-36(26(3)4)41(54)55/h12-19,22,26-28,32-33,36-38,49H,10-11,20-21,23-25H2,1-9H3,(H,44,56)(H,45,52)(H,46,50)(H,47,51)(H,48,53)(H,54,55)/t27?,28-,32?,33?,36-,37?,38-/m0/s1. The van der Waals surface area contributed by atoms with Crippen LogP contribution in [-0.4, -0.2) is 94.9 Å². The van der Waals surface area contributed by atoms with Crippen molar-refractivity contribution in [1.82, 2.24) is 26.6 Å². The number of ether oxygens (including phenoxy) is 2. The smallest absolute Gasteiger partial charge is 0.407 e. The van der Waals surface area contributed by atoms with Crippen LogP contribution in [0, 0.1) is 17.8 Å². The van der Waals surface area contributed by atoms with Gasteiger partial charge < -0.3 is 46.3 Å². The van der Waals surface area contributed by atoms with E-state index in [1.165, 1.54) is 0 Å². The van der Waals surface area contributed by atoms with Gasteiger partial charge in [-0.25, -0.2) is 9.59 Å². The molecule has 0 aliphatic heterocycles. The second-order valence-electron chi connectivity index (χ2n) is 16.1. The van der Waals surface area contributed by atoms with Crippen LogP contribution in [0.1, 0.15) is 92.7 Å². The molecule has 0 spiro atoms. The Bertz CT molecular complexity index is 1650. The highest BCUT2D eigenvalue weighted by molar-refractivity contribution is 5.91. The molecule has 2 aromatic rings. The van der Waals surface area contributed by atoms with Crippen LogP contribution >= 0.6 is 0 Å². The Labute approximate surface area is 342 Å². The van der Waals surface area contributed by atoms with Gasteiger partial charge in [0.1, 0.15) is 36.1 Å². The molecule has 58 heavy (non-hydrogen) atoms. The van der Waals surface area contributed by atoms with E-state index in [9.17, 15) is 39.0 Å². The van der Waals surface area contributed by atoms with Crippen LogP contribution in [0.25, 0.3) is 0 Å². The maximum absolute atomic E-state index is 14.0. The Morgan fingerprint density at radius 1 is 0.724 bits per heavy atom. The van der Waals surface area contributed by atoms with Gasteiger partial charge in [-0.1, -0.05) is 96.8 Å². The van der Waals surface area contributed by atoms with Gasteiger partial charge in [-0.3, -0.25) is 19.2 Å². The second kappa shape index (κ2) is 23.9. The van der Waals surface area contributed by atoms with Crippen molar-refractivity contribution < 1.29 is 48.5 Å². The highest BCUT2D eigenvalue weighted by Gasteiger charge is 2.34. The largest absolute Gasteiger partial charge is 0.492 e. The Morgan fingerprint density at radius 2 is 1.29 bits per heavy atom. The topological polar surface area (TPSA) is 221 Å². The molecule has 0 aromatic heterocycles. The number of carboxylic acid groups (broad SMARTS) is 1. The van der Waals surface area contributed by atoms with Crippen LogP contribution < -0.4 is 31.3 Å². The van der Waals surface area contributed by atoms with Gasteiger partial charge in [0.25, 0.3) is 0 Å². The van der Waals surface area contributed by atoms with Gasteiger partial charge in [0.2, 0.25) is 23.6 Å². The number of hydrogen-bond acceptors (Lipinski definition) is 9. The molecule has 7 N–H and O–H groups in total. The molecular weight excluding hydrogens is 746 g/mol. The number of hydrogen-bond donors (Lipinski definition) is 7. The predicted molar refractivity (Wildman–Crippen MR) is 220 cm³/mol. The number of benzene rings is 2. The summed E-state index contributed by atoms with van der Waals surface area (Å²) in [6, 6.07) is 11.9. The first-order valence-corrected chi connectivity index (χ1v) is 20.1. The fraction of sp³-hybridized carbons (Fsp3) is 0.581. The number of carbonyl (C=O) groups excluding carboxylic acids is 5. The predicted octanol–water partition coefficient (Wildman–Crippen LogP) is 3.90. The first kappa shape index (κ1) is 49.0. The third-order valence-electron chi connectivity index (χ3n) is 9.64. The number of carbonyl (C=O) groups is 6. The van der Waals surface area contributed by atoms with Crippen LogP contribution in [0.4, 0.5) is 4.79 Å². The number of alkyl carbamates (subject to hydrolysis) is 1.